The molecule has 0 aliphatic carbocycles. The highest BCUT2D eigenvalue weighted by molar-refractivity contribution is 6.31. The number of unbranched alkanes of at least 4 members (excludes halogenated alkanes) is 2. The first-order valence-corrected chi connectivity index (χ1v) is 6.83. The minimum absolute atomic E-state index is 0.749. The molecule has 0 aliphatic heterocycles. The van der Waals surface area contributed by atoms with E-state index in [0.717, 1.165) is 33.6 Å². The fourth-order valence-corrected chi connectivity index (χ4v) is 2.19. The van der Waals surface area contributed by atoms with Gasteiger partial charge in [-0.2, -0.15) is 0 Å². The summed E-state index contributed by atoms with van der Waals surface area (Å²) in [4.78, 5) is 4.64. The lowest BCUT2D eigenvalue weighted by Gasteiger charge is -2.06. The lowest BCUT2D eigenvalue weighted by Crippen LogP contribution is -1.90. The lowest BCUT2D eigenvalue weighted by atomic mass is 10.0. The molecule has 2 aromatic rings. The maximum atomic E-state index is 5.96. The Morgan fingerprint density at radius 3 is 2.83 bits per heavy atom. The molecule has 0 N–H and O–H groups in total. The van der Waals surface area contributed by atoms with E-state index in [1.54, 1.807) is 0 Å². The van der Waals surface area contributed by atoms with Gasteiger partial charge in [-0.3, -0.25) is 0 Å². The van der Waals surface area contributed by atoms with Crippen molar-refractivity contribution in [2.24, 2.45) is 0 Å². The van der Waals surface area contributed by atoms with Crippen LogP contribution in [0.4, 0.5) is 0 Å². The van der Waals surface area contributed by atoms with Crippen molar-refractivity contribution in [3.63, 3.8) is 0 Å². The van der Waals surface area contributed by atoms with E-state index in [0.29, 0.717) is 0 Å². The summed E-state index contributed by atoms with van der Waals surface area (Å²) in [6.07, 6.45) is 4.70. The van der Waals surface area contributed by atoms with Gasteiger partial charge in [-0.05, 0) is 42.7 Å². The topological polar surface area (TPSA) is 12.9 Å². The second-order valence-electron chi connectivity index (χ2n) is 4.59. The molecule has 1 aromatic carbocycles. The Hall–Kier alpha value is -1.34. The first-order valence-electron chi connectivity index (χ1n) is 6.45. The molecule has 18 heavy (non-hydrogen) atoms. The van der Waals surface area contributed by atoms with Gasteiger partial charge in [-0.25, -0.2) is 4.98 Å². The molecule has 2 rings (SSSR count). The van der Waals surface area contributed by atoms with Gasteiger partial charge in [-0.15, -0.1) is 0 Å². The normalized spacial score (nSPS) is 10.8. The summed E-state index contributed by atoms with van der Waals surface area (Å²) in [5, 5.41) is 1.83. The molecular formula is C16H18ClN. The molecule has 0 bridgehead atoms. The summed E-state index contributed by atoms with van der Waals surface area (Å²) in [5.74, 6) is 0. The molecule has 0 fully saturated rings. The van der Waals surface area contributed by atoms with E-state index in [-0.39, 0.29) is 0 Å². The number of fused-ring (bicyclic) bond motifs is 1. The molecule has 0 aliphatic rings. The van der Waals surface area contributed by atoms with Gasteiger partial charge >= 0.3 is 0 Å². The van der Waals surface area contributed by atoms with Crippen LogP contribution in [0.15, 0.2) is 36.9 Å². The average molecular weight is 260 g/mol. The minimum atomic E-state index is 0.749. The number of aromatic nitrogens is 1. The van der Waals surface area contributed by atoms with E-state index >= 15 is 0 Å². The van der Waals surface area contributed by atoms with Crippen molar-refractivity contribution in [2.45, 2.75) is 32.6 Å². The largest absolute Gasteiger partial charge is 0.248 e. The summed E-state index contributed by atoms with van der Waals surface area (Å²) in [7, 11) is 0. The van der Waals surface area contributed by atoms with Crippen LogP contribution in [0, 0.1) is 0 Å². The molecule has 1 nitrogen and oxygen atoms in total. The standard InChI is InChI=1S/C16H18ClN/c1-3-4-5-6-12(2)15-9-7-13-11-14(17)8-10-16(13)18-15/h7-11H,2-6H2,1H3. The van der Waals surface area contributed by atoms with Gasteiger partial charge in [0.2, 0.25) is 0 Å². The molecule has 2 heteroatoms. The van der Waals surface area contributed by atoms with Gasteiger partial charge in [0.25, 0.3) is 0 Å². The molecule has 0 saturated heterocycles. The highest BCUT2D eigenvalue weighted by atomic mass is 35.5. The van der Waals surface area contributed by atoms with Crippen molar-refractivity contribution in [1.29, 1.82) is 0 Å². The predicted molar refractivity (Wildman–Crippen MR) is 79.9 cm³/mol. The molecular weight excluding hydrogens is 242 g/mol. The van der Waals surface area contributed by atoms with Crippen LogP contribution in [0.2, 0.25) is 5.02 Å². The van der Waals surface area contributed by atoms with E-state index in [1.165, 1.54) is 19.3 Å². The maximum absolute atomic E-state index is 5.96. The SMILES string of the molecule is C=C(CCCCC)c1ccc2cc(Cl)ccc2n1. The summed E-state index contributed by atoms with van der Waals surface area (Å²) in [6, 6.07) is 9.87. The van der Waals surface area contributed by atoms with Crippen molar-refractivity contribution in [3.8, 4) is 0 Å². The maximum Gasteiger partial charge on any atom is 0.0710 e. The quantitative estimate of drug-likeness (QED) is 0.648. The number of nitrogens with zero attached hydrogens (tertiary/aromatic N) is 1. The van der Waals surface area contributed by atoms with Crippen molar-refractivity contribution < 1.29 is 0 Å². The van der Waals surface area contributed by atoms with Crippen LogP contribution in [0.5, 0.6) is 0 Å². The molecule has 0 radical (unpaired) electrons. The summed E-state index contributed by atoms with van der Waals surface area (Å²) < 4.78 is 0. The number of allylic oxidation sites excluding steroid dienone is 1. The molecule has 0 atom stereocenters. The van der Waals surface area contributed by atoms with E-state index in [9.17, 15) is 0 Å². The van der Waals surface area contributed by atoms with Crippen LogP contribution in [0.3, 0.4) is 0 Å². The predicted octanol–water partition coefficient (Wildman–Crippen LogP) is 5.48. The Morgan fingerprint density at radius 1 is 1.22 bits per heavy atom. The fourth-order valence-electron chi connectivity index (χ4n) is 2.01. The van der Waals surface area contributed by atoms with Crippen LogP contribution < -0.4 is 0 Å². The summed E-state index contributed by atoms with van der Waals surface area (Å²) >= 11 is 5.96. The van der Waals surface area contributed by atoms with Crippen LogP contribution in [0.25, 0.3) is 16.5 Å². The van der Waals surface area contributed by atoms with Crippen molar-refractivity contribution in [1.82, 2.24) is 4.98 Å². The molecule has 1 aromatic heterocycles. The summed E-state index contributed by atoms with van der Waals surface area (Å²) in [5.41, 5.74) is 3.11. The van der Waals surface area contributed by atoms with E-state index < -0.39 is 0 Å². The zero-order valence-electron chi connectivity index (χ0n) is 10.7. The van der Waals surface area contributed by atoms with Gasteiger partial charge in [0.1, 0.15) is 0 Å². The van der Waals surface area contributed by atoms with E-state index in [1.807, 2.05) is 24.3 Å². The molecule has 1 heterocycles. The number of pyridine rings is 1. The third-order valence-corrected chi connectivity index (χ3v) is 3.33. The third-order valence-electron chi connectivity index (χ3n) is 3.10. The van der Waals surface area contributed by atoms with Gasteiger partial charge in [0.15, 0.2) is 0 Å². The zero-order valence-corrected chi connectivity index (χ0v) is 11.5. The van der Waals surface area contributed by atoms with Gasteiger partial charge < -0.3 is 0 Å². The number of benzene rings is 1. The third kappa shape index (κ3) is 3.11. The minimum Gasteiger partial charge on any atom is -0.248 e. The van der Waals surface area contributed by atoms with Crippen molar-refractivity contribution in [3.05, 3.63) is 47.6 Å². The van der Waals surface area contributed by atoms with E-state index in [2.05, 4.69) is 24.6 Å². The molecule has 0 unspecified atom stereocenters. The number of hydrogen-bond acceptors (Lipinski definition) is 1. The second-order valence-corrected chi connectivity index (χ2v) is 5.03. The Bertz CT molecular complexity index is 560. The van der Waals surface area contributed by atoms with E-state index in [4.69, 9.17) is 11.6 Å². The van der Waals surface area contributed by atoms with Crippen molar-refractivity contribution in [2.75, 3.05) is 0 Å². The first kappa shape index (κ1) is 13.1. The van der Waals surface area contributed by atoms with Gasteiger partial charge in [0, 0.05) is 10.4 Å². The molecule has 0 saturated carbocycles. The first-order chi connectivity index (χ1) is 8.70. The average Bonchev–Trinajstić information content (AvgIpc) is 2.38. The zero-order chi connectivity index (χ0) is 13.0. The highest BCUT2D eigenvalue weighted by Crippen LogP contribution is 2.22. The summed E-state index contributed by atoms with van der Waals surface area (Å²) in [6.45, 7) is 6.34. The van der Waals surface area contributed by atoms with Gasteiger partial charge in [-0.1, -0.05) is 44.0 Å². The van der Waals surface area contributed by atoms with Crippen LogP contribution in [-0.2, 0) is 0 Å². The Labute approximate surface area is 114 Å². The van der Waals surface area contributed by atoms with Crippen LogP contribution >= 0.6 is 11.6 Å². The number of rotatable bonds is 5. The Balaban J connectivity index is 2.19. The van der Waals surface area contributed by atoms with Crippen LogP contribution in [-0.4, -0.2) is 4.98 Å². The number of halogens is 1. The lowest BCUT2D eigenvalue weighted by molar-refractivity contribution is 0.735. The number of hydrogen-bond donors (Lipinski definition) is 0. The van der Waals surface area contributed by atoms with Gasteiger partial charge in [0.05, 0.1) is 11.2 Å². The monoisotopic (exact) mass is 259 g/mol. The second kappa shape index (κ2) is 6.01. The molecule has 94 valence electrons. The smallest absolute Gasteiger partial charge is 0.0710 e. The van der Waals surface area contributed by atoms with Crippen molar-refractivity contribution >= 4 is 28.1 Å². The fraction of sp³-hybridized carbons (Fsp3) is 0.312. The van der Waals surface area contributed by atoms with Crippen LogP contribution in [0.1, 0.15) is 38.3 Å². The molecule has 0 amide bonds. The Kier molecular flexibility index (Phi) is 4.38. The molecule has 0 spiro atoms. The Morgan fingerprint density at radius 2 is 2.06 bits per heavy atom. The highest BCUT2D eigenvalue weighted by Gasteiger charge is 2.03.